The third-order valence-corrected chi connectivity index (χ3v) is 4.26. The largest absolute Gasteiger partial charge is 0.364 e. The smallest absolute Gasteiger partial charge is 0.259 e. The minimum Gasteiger partial charge on any atom is -0.364 e. The molecule has 4 heteroatoms. The Hall–Kier alpha value is -1.58. The second-order valence-electron chi connectivity index (χ2n) is 6.51. The van der Waals surface area contributed by atoms with Gasteiger partial charge in [0.15, 0.2) is 5.43 Å². The van der Waals surface area contributed by atoms with Gasteiger partial charge in [0.25, 0.3) is 5.91 Å². The van der Waals surface area contributed by atoms with Gasteiger partial charge in [-0.15, -0.1) is 0 Å². The molecular formula is C17H26N2O2. The summed E-state index contributed by atoms with van der Waals surface area (Å²) >= 11 is 0. The lowest BCUT2D eigenvalue weighted by Crippen LogP contribution is -2.41. The summed E-state index contributed by atoms with van der Waals surface area (Å²) in [7, 11) is 0. The zero-order chi connectivity index (χ0) is 15.4. The normalized spacial score (nSPS) is 15.6. The van der Waals surface area contributed by atoms with Crippen LogP contribution in [-0.4, -0.2) is 28.4 Å². The molecule has 1 aromatic heterocycles. The highest BCUT2D eigenvalue weighted by molar-refractivity contribution is 5.94. The fraction of sp³-hybridized carbons (Fsp3) is 0.647. The Labute approximate surface area is 126 Å². The molecule has 1 aliphatic carbocycles. The zero-order valence-electron chi connectivity index (χ0n) is 13.3. The lowest BCUT2D eigenvalue weighted by molar-refractivity contribution is 0.0670. The van der Waals surface area contributed by atoms with Gasteiger partial charge in [-0.1, -0.05) is 26.7 Å². The van der Waals surface area contributed by atoms with E-state index >= 15 is 0 Å². The van der Waals surface area contributed by atoms with Crippen molar-refractivity contribution in [3.05, 3.63) is 33.7 Å². The Morgan fingerprint density at radius 2 is 2.05 bits per heavy atom. The number of nitrogens with one attached hydrogen (secondary N) is 1. The van der Waals surface area contributed by atoms with Gasteiger partial charge in [0.2, 0.25) is 0 Å². The van der Waals surface area contributed by atoms with Crippen molar-refractivity contribution in [1.29, 1.82) is 0 Å². The summed E-state index contributed by atoms with van der Waals surface area (Å²) in [6.07, 6.45) is 7.03. The fourth-order valence-electron chi connectivity index (χ4n) is 2.96. The van der Waals surface area contributed by atoms with Crippen LogP contribution in [0, 0.1) is 12.8 Å². The summed E-state index contributed by atoms with van der Waals surface area (Å²) in [6.45, 7) is 6.89. The van der Waals surface area contributed by atoms with Crippen molar-refractivity contribution in [1.82, 2.24) is 9.88 Å². The maximum Gasteiger partial charge on any atom is 0.259 e. The van der Waals surface area contributed by atoms with Crippen LogP contribution in [-0.2, 0) is 0 Å². The molecule has 0 atom stereocenters. The molecule has 0 radical (unpaired) electrons. The summed E-state index contributed by atoms with van der Waals surface area (Å²) in [6, 6.07) is 1.81. The Morgan fingerprint density at radius 3 is 2.62 bits per heavy atom. The van der Waals surface area contributed by atoms with Gasteiger partial charge in [0.05, 0.1) is 0 Å². The van der Waals surface area contributed by atoms with E-state index in [0.29, 0.717) is 12.0 Å². The van der Waals surface area contributed by atoms with Gasteiger partial charge in [-0.25, -0.2) is 0 Å². The number of rotatable bonds is 5. The Balaban J connectivity index is 2.21. The molecule has 0 saturated heterocycles. The highest BCUT2D eigenvalue weighted by atomic mass is 16.2. The van der Waals surface area contributed by atoms with E-state index in [0.717, 1.165) is 31.5 Å². The first-order valence-electron chi connectivity index (χ1n) is 7.99. The second kappa shape index (κ2) is 6.92. The molecule has 21 heavy (non-hydrogen) atoms. The monoisotopic (exact) mass is 290 g/mol. The van der Waals surface area contributed by atoms with E-state index in [1.165, 1.54) is 18.9 Å². The minimum atomic E-state index is -0.177. The number of aromatic nitrogens is 1. The van der Waals surface area contributed by atoms with Gasteiger partial charge in [-0.2, -0.15) is 0 Å². The molecule has 2 rings (SSSR count). The quantitative estimate of drug-likeness (QED) is 0.906. The van der Waals surface area contributed by atoms with Gasteiger partial charge in [0.1, 0.15) is 5.56 Å². The van der Waals surface area contributed by atoms with Crippen molar-refractivity contribution in [3.63, 3.8) is 0 Å². The zero-order valence-corrected chi connectivity index (χ0v) is 13.3. The van der Waals surface area contributed by atoms with Crippen molar-refractivity contribution in [2.75, 3.05) is 6.54 Å². The Morgan fingerprint density at radius 1 is 1.38 bits per heavy atom. The number of aryl methyl sites for hydroxylation is 1. The highest BCUT2D eigenvalue weighted by Gasteiger charge is 2.28. The van der Waals surface area contributed by atoms with Crippen LogP contribution in [0.1, 0.15) is 62.0 Å². The maximum absolute atomic E-state index is 12.8. The predicted octanol–water partition coefficient (Wildman–Crippen LogP) is 3.11. The lowest BCUT2D eigenvalue weighted by atomic mass is 10.1. The molecule has 1 saturated carbocycles. The topological polar surface area (TPSA) is 53.2 Å². The highest BCUT2D eigenvalue weighted by Crippen LogP contribution is 2.25. The Kier molecular flexibility index (Phi) is 5.21. The first-order chi connectivity index (χ1) is 9.99. The SMILES string of the molecule is Cc1cc(=O)c(C(=O)N(CCC(C)C)C2CCCC2)c[nH]1. The number of aromatic amines is 1. The standard InChI is InChI=1S/C17H26N2O2/c1-12(2)8-9-19(14-6-4-5-7-14)17(21)15-11-18-13(3)10-16(15)20/h10-12,14H,4-9H2,1-3H3,(H,18,20). The summed E-state index contributed by atoms with van der Waals surface area (Å²) in [5.74, 6) is 0.446. The summed E-state index contributed by atoms with van der Waals surface area (Å²) < 4.78 is 0. The first kappa shape index (κ1) is 15.8. The molecule has 116 valence electrons. The molecule has 1 aromatic rings. The molecular weight excluding hydrogens is 264 g/mol. The summed E-state index contributed by atoms with van der Waals surface area (Å²) in [5.41, 5.74) is 0.881. The molecule has 0 spiro atoms. The van der Waals surface area contributed by atoms with E-state index in [4.69, 9.17) is 0 Å². The van der Waals surface area contributed by atoms with E-state index in [9.17, 15) is 9.59 Å². The van der Waals surface area contributed by atoms with Gasteiger partial charge in [-0.05, 0) is 32.1 Å². The number of pyridine rings is 1. The van der Waals surface area contributed by atoms with Gasteiger partial charge in [0, 0.05) is 30.5 Å². The molecule has 4 nitrogen and oxygen atoms in total. The predicted molar refractivity (Wildman–Crippen MR) is 84.5 cm³/mol. The molecule has 0 aromatic carbocycles. The number of H-pyrrole nitrogens is 1. The van der Waals surface area contributed by atoms with Crippen LogP contribution < -0.4 is 5.43 Å². The third-order valence-electron chi connectivity index (χ3n) is 4.26. The van der Waals surface area contributed by atoms with Crippen molar-refractivity contribution in [2.45, 2.75) is 58.9 Å². The molecule has 1 aliphatic rings. The maximum atomic E-state index is 12.8. The van der Waals surface area contributed by atoms with Crippen molar-refractivity contribution < 1.29 is 4.79 Å². The number of carbonyl (C=O) groups excluding carboxylic acids is 1. The number of nitrogens with zero attached hydrogens (tertiary/aromatic N) is 1. The van der Waals surface area contributed by atoms with E-state index in [2.05, 4.69) is 18.8 Å². The molecule has 1 heterocycles. The van der Waals surface area contributed by atoms with Gasteiger partial charge in [-0.3, -0.25) is 9.59 Å². The van der Waals surface area contributed by atoms with Crippen molar-refractivity contribution in [2.24, 2.45) is 5.92 Å². The number of hydrogen-bond donors (Lipinski definition) is 1. The Bertz CT molecular complexity index is 542. The van der Waals surface area contributed by atoms with Gasteiger partial charge >= 0.3 is 0 Å². The molecule has 1 amide bonds. The third kappa shape index (κ3) is 3.96. The fourth-order valence-corrected chi connectivity index (χ4v) is 2.96. The van der Waals surface area contributed by atoms with Crippen LogP contribution in [0.3, 0.4) is 0 Å². The average molecular weight is 290 g/mol. The number of hydrogen-bond acceptors (Lipinski definition) is 2. The van der Waals surface area contributed by atoms with Crippen molar-refractivity contribution in [3.8, 4) is 0 Å². The molecule has 0 unspecified atom stereocenters. The van der Waals surface area contributed by atoms with Crippen LogP contribution in [0.5, 0.6) is 0 Å². The van der Waals surface area contributed by atoms with E-state index in [1.807, 2.05) is 11.8 Å². The lowest BCUT2D eigenvalue weighted by Gasteiger charge is -2.29. The average Bonchev–Trinajstić information content (AvgIpc) is 2.92. The van der Waals surface area contributed by atoms with Crippen LogP contribution in [0.15, 0.2) is 17.1 Å². The molecule has 0 aliphatic heterocycles. The van der Waals surface area contributed by atoms with E-state index in [-0.39, 0.29) is 16.9 Å². The molecule has 1 fully saturated rings. The second-order valence-corrected chi connectivity index (χ2v) is 6.51. The molecule has 1 N–H and O–H groups in total. The summed E-state index contributed by atoms with van der Waals surface area (Å²) in [5, 5.41) is 0. The minimum absolute atomic E-state index is 0.108. The first-order valence-corrected chi connectivity index (χ1v) is 7.99. The van der Waals surface area contributed by atoms with Gasteiger partial charge < -0.3 is 9.88 Å². The van der Waals surface area contributed by atoms with Crippen LogP contribution in [0.2, 0.25) is 0 Å². The van der Waals surface area contributed by atoms with Crippen LogP contribution in [0.25, 0.3) is 0 Å². The van der Waals surface area contributed by atoms with Crippen molar-refractivity contribution >= 4 is 5.91 Å². The van der Waals surface area contributed by atoms with E-state index in [1.54, 1.807) is 6.20 Å². The van der Waals surface area contributed by atoms with Crippen LogP contribution in [0.4, 0.5) is 0 Å². The number of amides is 1. The molecule has 0 bridgehead atoms. The summed E-state index contributed by atoms with van der Waals surface area (Å²) in [4.78, 5) is 29.8. The number of carbonyl (C=O) groups is 1. The van der Waals surface area contributed by atoms with Crippen LogP contribution >= 0.6 is 0 Å². The van der Waals surface area contributed by atoms with E-state index < -0.39 is 0 Å².